The monoisotopic (exact) mass is 294 g/mol. The molecule has 0 radical (unpaired) electrons. The van der Waals surface area contributed by atoms with Crippen molar-refractivity contribution < 1.29 is 14.6 Å². The second-order valence-electron chi connectivity index (χ2n) is 6.55. The van der Waals surface area contributed by atoms with Gasteiger partial charge in [0.25, 0.3) is 0 Å². The fraction of sp³-hybridized carbons (Fsp3) is 0.833. The van der Waals surface area contributed by atoms with Gasteiger partial charge in [-0.3, -0.25) is 0 Å². The first-order valence-electron chi connectivity index (χ1n) is 8.78. The van der Waals surface area contributed by atoms with Crippen LogP contribution in [0.25, 0.3) is 0 Å². The summed E-state index contributed by atoms with van der Waals surface area (Å²) in [4.78, 5) is 11.8. The largest absolute Gasteiger partial charge is 0.478 e. The van der Waals surface area contributed by atoms with E-state index >= 15 is 0 Å². The molecule has 2 aliphatic rings. The topological polar surface area (TPSA) is 46.5 Å². The molecule has 0 unspecified atom stereocenters. The zero-order valence-electron chi connectivity index (χ0n) is 13.4. The molecule has 0 aromatic rings. The minimum Gasteiger partial charge on any atom is -0.478 e. The van der Waals surface area contributed by atoms with Gasteiger partial charge in [0, 0.05) is 6.61 Å². The van der Waals surface area contributed by atoms with Gasteiger partial charge < -0.3 is 9.84 Å². The second-order valence-corrected chi connectivity index (χ2v) is 6.55. The van der Waals surface area contributed by atoms with Crippen LogP contribution in [0.15, 0.2) is 11.1 Å². The van der Waals surface area contributed by atoms with Crippen LogP contribution in [0.2, 0.25) is 0 Å². The van der Waals surface area contributed by atoms with Crippen LogP contribution in [-0.4, -0.2) is 24.3 Å². The van der Waals surface area contributed by atoms with Gasteiger partial charge in [0.1, 0.15) is 0 Å². The Labute approximate surface area is 128 Å². The number of rotatable bonds is 6. The summed E-state index contributed by atoms with van der Waals surface area (Å²) in [5, 5.41) is 9.69. The van der Waals surface area contributed by atoms with Crippen LogP contribution < -0.4 is 0 Å². The van der Waals surface area contributed by atoms with Crippen molar-refractivity contribution in [3.8, 4) is 0 Å². The minimum atomic E-state index is -0.755. The average Bonchev–Trinajstić information content (AvgIpc) is 2.53. The lowest BCUT2D eigenvalue weighted by Gasteiger charge is -2.34. The Balaban J connectivity index is 2.27. The van der Waals surface area contributed by atoms with E-state index in [1.54, 1.807) is 0 Å². The number of allylic oxidation sites excluding steroid dienone is 1. The summed E-state index contributed by atoms with van der Waals surface area (Å²) in [5.41, 5.74) is 1.84. The van der Waals surface area contributed by atoms with Gasteiger partial charge in [0.15, 0.2) is 0 Å². The number of ether oxygens (including phenoxy) is 1. The minimum absolute atomic E-state index is 0.286. The van der Waals surface area contributed by atoms with Crippen molar-refractivity contribution in [2.45, 2.75) is 71.1 Å². The summed E-state index contributed by atoms with van der Waals surface area (Å²) in [6, 6.07) is 0. The second kappa shape index (κ2) is 8.57. The van der Waals surface area contributed by atoms with E-state index in [2.05, 4.69) is 0 Å². The molecule has 2 saturated carbocycles. The first-order chi connectivity index (χ1) is 10.2. The average molecular weight is 294 g/mol. The molecule has 3 heteroatoms. The van der Waals surface area contributed by atoms with Crippen LogP contribution in [-0.2, 0) is 9.53 Å². The molecule has 0 amide bonds. The first kappa shape index (κ1) is 16.5. The van der Waals surface area contributed by atoms with Crippen LogP contribution in [0.1, 0.15) is 71.1 Å². The Kier molecular flexibility index (Phi) is 6.75. The highest BCUT2D eigenvalue weighted by Crippen LogP contribution is 2.41. The summed E-state index contributed by atoms with van der Waals surface area (Å²) >= 11 is 0. The van der Waals surface area contributed by atoms with E-state index in [0.717, 1.165) is 0 Å². The van der Waals surface area contributed by atoms with Gasteiger partial charge in [-0.2, -0.15) is 0 Å². The summed E-state index contributed by atoms with van der Waals surface area (Å²) in [5.74, 6) is 0.233. The van der Waals surface area contributed by atoms with Gasteiger partial charge in [-0.25, -0.2) is 4.79 Å². The highest BCUT2D eigenvalue weighted by molar-refractivity contribution is 5.88. The highest BCUT2D eigenvalue weighted by atomic mass is 16.5. The molecular formula is C18H30O3. The molecule has 0 aromatic heterocycles. The lowest BCUT2D eigenvalue weighted by molar-refractivity contribution is -0.133. The van der Waals surface area contributed by atoms with Crippen molar-refractivity contribution in [3.05, 3.63) is 11.1 Å². The molecule has 2 aliphatic carbocycles. The van der Waals surface area contributed by atoms with Gasteiger partial charge in [-0.05, 0) is 44.4 Å². The van der Waals surface area contributed by atoms with Crippen molar-refractivity contribution in [2.24, 2.45) is 11.8 Å². The third-order valence-corrected chi connectivity index (χ3v) is 5.15. The molecule has 0 heterocycles. The molecule has 2 fully saturated rings. The summed E-state index contributed by atoms with van der Waals surface area (Å²) < 4.78 is 5.48. The van der Waals surface area contributed by atoms with Gasteiger partial charge in [0.05, 0.1) is 12.2 Å². The lowest BCUT2D eigenvalue weighted by Crippen LogP contribution is -2.24. The Bertz CT molecular complexity index is 341. The maximum Gasteiger partial charge on any atom is 0.333 e. The molecule has 1 N–H and O–H groups in total. The molecule has 0 saturated heterocycles. The van der Waals surface area contributed by atoms with Crippen LogP contribution in [0.3, 0.4) is 0 Å². The summed E-state index contributed by atoms with van der Waals surface area (Å²) in [7, 11) is 0. The third kappa shape index (κ3) is 4.57. The number of carbonyl (C=O) groups is 1. The van der Waals surface area contributed by atoms with Crippen LogP contribution in [0.5, 0.6) is 0 Å². The predicted octanol–water partition coefficient (Wildman–Crippen LogP) is 4.56. The number of hydrogen-bond donors (Lipinski definition) is 1. The first-order valence-corrected chi connectivity index (χ1v) is 8.78. The van der Waals surface area contributed by atoms with Gasteiger partial charge in [-0.15, -0.1) is 0 Å². The van der Waals surface area contributed by atoms with E-state index in [9.17, 15) is 9.90 Å². The fourth-order valence-corrected chi connectivity index (χ4v) is 4.13. The van der Waals surface area contributed by atoms with Crippen LogP contribution in [0, 0.1) is 11.8 Å². The quantitative estimate of drug-likeness (QED) is 0.730. The number of aliphatic carboxylic acids is 1. The molecule has 120 valence electrons. The predicted molar refractivity (Wildman–Crippen MR) is 84.3 cm³/mol. The van der Waals surface area contributed by atoms with Crippen molar-refractivity contribution in [2.75, 3.05) is 13.2 Å². The smallest absolute Gasteiger partial charge is 0.333 e. The van der Waals surface area contributed by atoms with Gasteiger partial charge in [0.2, 0.25) is 0 Å². The van der Waals surface area contributed by atoms with Gasteiger partial charge in [-0.1, -0.05) is 44.1 Å². The van der Waals surface area contributed by atoms with Crippen molar-refractivity contribution in [1.82, 2.24) is 0 Å². The van der Waals surface area contributed by atoms with Crippen LogP contribution >= 0.6 is 0 Å². The van der Waals surface area contributed by atoms with E-state index in [1.807, 2.05) is 6.92 Å². The Morgan fingerprint density at radius 2 is 1.43 bits per heavy atom. The number of carboxylic acids is 1. The summed E-state index contributed by atoms with van der Waals surface area (Å²) in [6.07, 6.45) is 12.3. The SMILES string of the molecule is CCOCC(C(=O)O)=C(C1CCCCC1)C1CCCCC1. The molecule has 0 bridgehead atoms. The lowest BCUT2D eigenvalue weighted by atomic mass is 9.72. The maximum atomic E-state index is 11.8. The van der Waals surface area contributed by atoms with E-state index in [4.69, 9.17) is 4.74 Å². The number of carboxylic acid groups (broad SMARTS) is 1. The molecule has 0 spiro atoms. The molecule has 0 aliphatic heterocycles. The van der Waals surface area contributed by atoms with Crippen molar-refractivity contribution >= 4 is 5.97 Å². The van der Waals surface area contributed by atoms with Crippen molar-refractivity contribution in [3.63, 3.8) is 0 Å². The molecular weight excluding hydrogens is 264 g/mol. The third-order valence-electron chi connectivity index (χ3n) is 5.15. The standard InChI is InChI=1S/C18H30O3/c1-2-21-13-16(18(19)20)17(14-9-5-3-6-10-14)15-11-7-4-8-12-15/h14-15H,2-13H2,1H3,(H,19,20). The molecule has 0 aromatic carbocycles. The summed E-state index contributed by atoms with van der Waals surface area (Å²) in [6.45, 7) is 2.80. The van der Waals surface area contributed by atoms with Gasteiger partial charge >= 0.3 is 5.97 Å². The van der Waals surface area contributed by atoms with E-state index < -0.39 is 5.97 Å². The zero-order chi connectivity index (χ0) is 15.1. The molecule has 2 rings (SSSR count). The van der Waals surface area contributed by atoms with Crippen molar-refractivity contribution in [1.29, 1.82) is 0 Å². The number of hydrogen-bond acceptors (Lipinski definition) is 2. The zero-order valence-corrected chi connectivity index (χ0v) is 13.4. The maximum absolute atomic E-state index is 11.8. The molecule has 0 atom stereocenters. The Morgan fingerprint density at radius 1 is 0.952 bits per heavy atom. The van der Waals surface area contributed by atoms with E-state index in [1.165, 1.54) is 69.8 Å². The van der Waals surface area contributed by atoms with E-state index in [0.29, 0.717) is 24.0 Å². The Morgan fingerprint density at radius 3 is 1.81 bits per heavy atom. The van der Waals surface area contributed by atoms with Crippen LogP contribution in [0.4, 0.5) is 0 Å². The van der Waals surface area contributed by atoms with E-state index in [-0.39, 0.29) is 6.61 Å². The molecule has 3 nitrogen and oxygen atoms in total. The fourth-order valence-electron chi connectivity index (χ4n) is 4.13. The highest BCUT2D eigenvalue weighted by Gasteiger charge is 2.30. The normalized spacial score (nSPS) is 21.2. The Hall–Kier alpha value is -0.830. The molecule has 21 heavy (non-hydrogen) atoms.